The molecule has 114 valence electrons. The summed E-state index contributed by atoms with van der Waals surface area (Å²) in [5.41, 5.74) is 9.35. The van der Waals surface area contributed by atoms with E-state index in [9.17, 15) is 0 Å². The maximum Gasteiger partial charge on any atom is 0.119 e. The number of aryl methyl sites for hydroxylation is 1. The fourth-order valence-corrected chi connectivity index (χ4v) is 4.75. The van der Waals surface area contributed by atoms with Gasteiger partial charge in [0.15, 0.2) is 0 Å². The van der Waals surface area contributed by atoms with Crippen LogP contribution in [0.5, 0.6) is 5.75 Å². The molecule has 1 aromatic carbocycles. The Bertz CT molecular complexity index is 516. The highest BCUT2D eigenvalue weighted by Crippen LogP contribution is 2.38. The smallest absolute Gasteiger partial charge is 0.119 e. The zero-order valence-corrected chi connectivity index (χ0v) is 12.9. The van der Waals surface area contributed by atoms with Crippen LogP contribution < -0.4 is 10.5 Å². The molecule has 0 aromatic heterocycles. The van der Waals surface area contributed by atoms with E-state index in [1.54, 1.807) is 7.11 Å². The maximum absolute atomic E-state index is 6.34. The van der Waals surface area contributed by atoms with Gasteiger partial charge in [-0.3, -0.25) is 4.90 Å². The number of likely N-dealkylation sites (tertiary alicyclic amines) is 1. The number of hydrogen-bond acceptors (Lipinski definition) is 3. The van der Waals surface area contributed by atoms with Gasteiger partial charge in [-0.25, -0.2) is 0 Å². The molecule has 3 aliphatic rings. The van der Waals surface area contributed by atoms with Gasteiger partial charge in [0.25, 0.3) is 0 Å². The Morgan fingerprint density at radius 3 is 2.57 bits per heavy atom. The number of hydrogen-bond donors (Lipinski definition) is 1. The van der Waals surface area contributed by atoms with Gasteiger partial charge in [0.2, 0.25) is 0 Å². The van der Waals surface area contributed by atoms with Crippen molar-refractivity contribution in [2.75, 3.05) is 20.2 Å². The number of benzene rings is 1. The molecule has 3 heteroatoms. The van der Waals surface area contributed by atoms with Crippen molar-refractivity contribution in [1.29, 1.82) is 0 Å². The predicted octanol–water partition coefficient (Wildman–Crippen LogP) is 2.22. The van der Waals surface area contributed by atoms with Crippen LogP contribution in [0.2, 0.25) is 0 Å². The fraction of sp³-hybridized carbons (Fsp3) is 0.667. The van der Waals surface area contributed by atoms with E-state index < -0.39 is 0 Å². The highest BCUT2D eigenvalue weighted by molar-refractivity contribution is 5.38. The molecule has 4 rings (SSSR count). The summed E-state index contributed by atoms with van der Waals surface area (Å²) in [5, 5.41) is 0. The van der Waals surface area contributed by atoms with Gasteiger partial charge >= 0.3 is 0 Å². The Labute approximate surface area is 127 Å². The van der Waals surface area contributed by atoms with Gasteiger partial charge in [-0.05, 0) is 67.2 Å². The maximum atomic E-state index is 6.34. The molecule has 2 fully saturated rings. The number of nitrogens with two attached hydrogens (primary N) is 1. The average molecular weight is 286 g/mol. The second-order valence-electron chi connectivity index (χ2n) is 7.16. The van der Waals surface area contributed by atoms with Gasteiger partial charge < -0.3 is 10.5 Å². The third kappa shape index (κ3) is 2.36. The zero-order valence-electron chi connectivity index (χ0n) is 12.9. The summed E-state index contributed by atoms with van der Waals surface area (Å²) in [6, 6.07) is 7.80. The van der Waals surface area contributed by atoms with E-state index in [4.69, 9.17) is 10.5 Å². The molecule has 3 nitrogen and oxygen atoms in total. The van der Waals surface area contributed by atoms with E-state index in [0.717, 1.165) is 23.6 Å². The van der Waals surface area contributed by atoms with E-state index in [1.807, 2.05) is 0 Å². The number of fused-ring (bicyclic) bond motifs is 3. The van der Waals surface area contributed by atoms with Crippen LogP contribution in [0.25, 0.3) is 0 Å². The molecule has 0 spiro atoms. The monoisotopic (exact) mass is 286 g/mol. The standard InChI is InChI=1S/C18H26N2O/c1-21-17-7-5-12-8-16(6-4-13(12)9-17)20-10-14-2-3-15(11-20)18(14)19/h5,7,9,14-16,18H,2-4,6,8,10-11,19H2,1H3/t14-,15+,16-,18?/m0/s1. The van der Waals surface area contributed by atoms with Gasteiger partial charge in [0, 0.05) is 25.2 Å². The molecule has 4 atom stereocenters. The molecule has 2 N–H and O–H groups in total. The van der Waals surface area contributed by atoms with Crippen LogP contribution in [0.3, 0.4) is 0 Å². The van der Waals surface area contributed by atoms with Crippen molar-refractivity contribution < 1.29 is 4.74 Å². The van der Waals surface area contributed by atoms with Gasteiger partial charge in [0.1, 0.15) is 5.75 Å². The SMILES string of the molecule is COc1ccc2c(c1)CC[C@H](N1C[C@H]3CC[C@@H](C1)C3N)C2. The third-order valence-corrected chi connectivity index (χ3v) is 6.07. The van der Waals surface area contributed by atoms with Crippen LogP contribution in [0.15, 0.2) is 18.2 Å². The lowest BCUT2D eigenvalue weighted by Gasteiger charge is -2.42. The molecule has 1 saturated heterocycles. The van der Waals surface area contributed by atoms with E-state index in [2.05, 4.69) is 23.1 Å². The Balaban J connectivity index is 1.49. The first-order chi connectivity index (χ1) is 10.2. The molecule has 1 saturated carbocycles. The van der Waals surface area contributed by atoms with Crippen molar-refractivity contribution in [3.05, 3.63) is 29.3 Å². The van der Waals surface area contributed by atoms with E-state index in [0.29, 0.717) is 6.04 Å². The van der Waals surface area contributed by atoms with Crippen LogP contribution in [-0.4, -0.2) is 37.2 Å². The zero-order chi connectivity index (χ0) is 14.4. The summed E-state index contributed by atoms with van der Waals surface area (Å²) >= 11 is 0. The first-order valence-electron chi connectivity index (χ1n) is 8.40. The molecule has 1 heterocycles. The second kappa shape index (κ2) is 5.29. The van der Waals surface area contributed by atoms with Gasteiger partial charge in [0.05, 0.1) is 7.11 Å². The highest BCUT2D eigenvalue weighted by atomic mass is 16.5. The Morgan fingerprint density at radius 1 is 1.10 bits per heavy atom. The summed E-state index contributed by atoms with van der Waals surface area (Å²) < 4.78 is 5.35. The number of methoxy groups -OCH3 is 1. The highest BCUT2D eigenvalue weighted by Gasteiger charge is 2.41. The van der Waals surface area contributed by atoms with Crippen molar-refractivity contribution in [2.24, 2.45) is 17.6 Å². The van der Waals surface area contributed by atoms with Crippen molar-refractivity contribution in [2.45, 2.75) is 44.2 Å². The minimum atomic E-state index is 0.474. The molecular formula is C18H26N2O. The molecule has 1 aromatic rings. The second-order valence-corrected chi connectivity index (χ2v) is 7.16. The largest absolute Gasteiger partial charge is 0.497 e. The Hall–Kier alpha value is -1.06. The first kappa shape index (κ1) is 13.6. The Morgan fingerprint density at radius 2 is 1.86 bits per heavy atom. The molecule has 0 amide bonds. The van der Waals surface area contributed by atoms with Crippen molar-refractivity contribution in [1.82, 2.24) is 4.90 Å². The normalized spacial score (nSPS) is 35.5. The lowest BCUT2D eigenvalue weighted by atomic mass is 9.84. The summed E-state index contributed by atoms with van der Waals surface area (Å²) in [6.07, 6.45) is 6.38. The quantitative estimate of drug-likeness (QED) is 0.906. The predicted molar refractivity (Wildman–Crippen MR) is 84.6 cm³/mol. The number of piperidine rings is 1. The van der Waals surface area contributed by atoms with Crippen LogP contribution in [-0.2, 0) is 12.8 Å². The molecule has 2 aliphatic carbocycles. The number of ether oxygens (including phenoxy) is 1. The van der Waals surface area contributed by atoms with Crippen LogP contribution in [0, 0.1) is 11.8 Å². The topological polar surface area (TPSA) is 38.5 Å². The summed E-state index contributed by atoms with van der Waals surface area (Å²) in [5.74, 6) is 2.50. The Kier molecular flexibility index (Phi) is 3.43. The lowest BCUT2D eigenvalue weighted by molar-refractivity contribution is 0.0934. The van der Waals surface area contributed by atoms with Crippen LogP contribution in [0.1, 0.15) is 30.4 Å². The fourth-order valence-electron chi connectivity index (χ4n) is 4.75. The summed E-state index contributed by atoms with van der Waals surface area (Å²) in [4.78, 5) is 2.75. The molecule has 0 radical (unpaired) electrons. The van der Waals surface area contributed by atoms with Crippen molar-refractivity contribution in [3.63, 3.8) is 0 Å². The van der Waals surface area contributed by atoms with E-state index in [1.165, 1.54) is 56.3 Å². The van der Waals surface area contributed by atoms with Gasteiger partial charge in [-0.15, -0.1) is 0 Å². The molecule has 1 aliphatic heterocycles. The van der Waals surface area contributed by atoms with Crippen LogP contribution >= 0.6 is 0 Å². The molecule has 2 bridgehead atoms. The lowest BCUT2D eigenvalue weighted by Crippen LogP contribution is -2.53. The third-order valence-electron chi connectivity index (χ3n) is 6.07. The minimum Gasteiger partial charge on any atom is -0.497 e. The number of nitrogens with zero attached hydrogens (tertiary/aromatic N) is 1. The first-order valence-corrected chi connectivity index (χ1v) is 8.40. The summed E-state index contributed by atoms with van der Waals surface area (Å²) in [6.45, 7) is 2.46. The summed E-state index contributed by atoms with van der Waals surface area (Å²) in [7, 11) is 1.75. The van der Waals surface area contributed by atoms with Crippen molar-refractivity contribution in [3.8, 4) is 5.75 Å². The molecule has 1 unspecified atom stereocenters. The van der Waals surface area contributed by atoms with Gasteiger partial charge in [-0.2, -0.15) is 0 Å². The number of rotatable bonds is 2. The van der Waals surface area contributed by atoms with E-state index >= 15 is 0 Å². The van der Waals surface area contributed by atoms with Crippen molar-refractivity contribution >= 4 is 0 Å². The average Bonchev–Trinajstić information content (AvgIpc) is 2.75. The van der Waals surface area contributed by atoms with Crippen LogP contribution in [0.4, 0.5) is 0 Å². The van der Waals surface area contributed by atoms with E-state index in [-0.39, 0.29) is 0 Å². The molecule has 21 heavy (non-hydrogen) atoms. The minimum absolute atomic E-state index is 0.474. The molecular weight excluding hydrogens is 260 g/mol. The van der Waals surface area contributed by atoms with Gasteiger partial charge in [-0.1, -0.05) is 6.07 Å².